The first-order valence-corrected chi connectivity index (χ1v) is 10.8. The van der Waals surface area contributed by atoms with Crippen molar-refractivity contribution in [2.24, 2.45) is 10.4 Å². The fourth-order valence-electron chi connectivity index (χ4n) is 4.20. The molecule has 1 aromatic heterocycles. The smallest absolute Gasteiger partial charge is 0.250 e. The molecule has 0 bridgehead atoms. The van der Waals surface area contributed by atoms with E-state index in [1.807, 2.05) is 32.3 Å². The number of aliphatic imine (C=N–C) groups is 1. The van der Waals surface area contributed by atoms with Crippen molar-refractivity contribution in [1.29, 1.82) is 0 Å². The highest BCUT2D eigenvalue weighted by Crippen LogP contribution is 2.38. The fourth-order valence-corrected chi connectivity index (χ4v) is 4.20. The highest BCUT2D eigenvalue weighted by Gasteiger charge is 2.42. The van der Waals surface area contributed by atoms with Gasteiger partial charge in [-0.15, -0.1) is 24.0 Å². The highest BCUT2D eigenvalue weighted by atomic mass is 127. The van der Waals surface area contributed by atoms with Crippen LogP contribution in [0.15, 0.2) is 58.4 Å². The summed E-state index contributed by atoms with van der Waals surface area (Å²) in [4.78, 5) is 30.6. The van der Waals surface area contributed by atoms with Crippen molar-refractivity contribution in [2.75, 3.05) is 27.7 Å². The van der Waals surface area contributed by atoms with E-state index in [0.29, 0.717) is 25.6 Å². The lowest BCUT2D eigenvalue weighted by Crippen LogP contribution is -2.49. The summed E-state index contributed by atoms with van der Waals surface area (Å²) in [5, 5.41) is 6.69. The van der Waals surface area contributed by atoms with E-state index in [9.17, 15) is 9.59 Å². The van der Waals surface area contributed by atoms with Gasteiger partial charge in [0.05, 0.1) is 12.0 Å². The summed E-state index contributed by atoms with van der Waals surface area (Å²) in [6.07, 6.45) is 5.81. The molecule has 0 saturated heterocycles. The molecule has 0 spiro atoms. The molecule has 32 heavy (non-hydrogen) atoms. The zero-order valence-corrected chi connectivity index (χ0v) is 21.5. The molecule has 1 amide bonds. The van der Waals surface area contributed by atoms with Crippen molar-refractivity contribution in [3.8, 4) is 0 Å². The van der Waals surface area contributed by atoms with Gasteiger partial charge < -0.3 is 20.1 Å². The maximum atomic E-state index is 12.7. The van der Waals surface area contributed by atoms with E-state index in [2.05, 4.69) is 27.8 Å². The maximum absolute atomic E-state index is 12.7. The van der Waals surface area contributed by atoms with Gasteiger partial charge in [-0.05, 0) is 30.0 Å². The van der Waals surface area contributed by atoms with Crippen molar-refractivity contribution in [3.05, 3.63) is 70.1 Å². The van der Waals surface area contributed by atoms with Gasteiger partial charge in [-0.3, -0.25) is 14.6 Å². The van der Waals surface area contributed by atoms with E-state index in [4.69, 9.17) is 0 Å². The summed E-state index contributed by atoms with van der Waals surface area (Å²) in [6.45, 7) is 1.77. The molecule has 1 aliphatic rings. The molecule has 3 rings (SSSR count). The molecule has 7 nitrogen and oxygen atoms in total. The van der Waals surface area contributed by atoms with Crippen LogP contribution in [0.1, 0.15) is 36.8 Å². The zero-order valence-electron chi connectivity index (χ0n) is 19.1. The van der Waals surface area contributed by atoms with Crippen LogP contribution in [0, 0.1) is 5.41 Å². The Morgan fingerprint density at radius 2 is 1.72 bits per heavy atom. The number of nitrogens with one attached hydrogen (secondary N) is 2. The van der Waals surface area contributed by atoms with E-state index in [1.54, 1.807) is 34.8 Å². The van der Waals surface area contributed by atoms with Crippen LogP contribution in [0.4, 0.5) is 0 Å². The molecular weight excluding hydrogens is 517 g/mol. The summed E-state index contributed by atoms with van der Waals surface area (Å²) < 4.78 is 1.69. The number of hydrogen-bond acceptors (Lipinski definition) is 3. The first-order chi connectivity index (χ1) is 14.9. The Bertz CT molecular complexity index is 963. The van der Waals surface area contributed by atoms with E-state index >= 15 is 0 Å². The van der Waals surface area contributed by atoms with Gasteiger partial charge in [-0.1, -0.05) is 43.2 Å². The Balaban J connectivity index is 0.00000363. The molecule has 1 heterocycles. The number of pyridine rings is 1. The van der Waals surface area contributed by atoms with Gasteiger partial charge in [0.2, 0.25) is 5.91 Å². The van der Waals surface area contributed by atoms with Gasteiger partial charge in [0.15, 0.2) is 5.96 Å². The topological polar surface area (TPSA) is 78.7 Å². The number of halogens is 1. The second-order valence-corrected chi connectivity index (χ2v) is 8.45. The molecule has 174 valence electrons. The van der Waals surface area contributed by atoms with Crippen LogP contribution < -0.4 is 16.2 Å². The van der Waals surface area contributed by atoms with Gasteiger partial charge in [-0.25, -0.2) is 0 Å². The van der Waals surface area contributed by atoms with Crippen molar-refractivity contribution in [1.82, 2.24) is 20.1 Å². The predicted octanol–water partition coefficient (Wildman–Crippen LogP) is 2.83. The number of rotatable bonds is 7. The molecule has 0 atom stereocenters. The Morgan fingerprint density at radius 3 is 2.31 bits per heavy atom. The van der Waals surface area contributed by atoms with Crippen LogP contribution >= 0.6 is 24.0 Å². The summed E-state index contributed by atoms with van der Waals surface area (Å²) in [6, 6.07) is 13.4. The number of carbonyl (C=O) groups excluding carboxylic acids is 1. The monoisotopic (exact) mass is 551 g/mol. The first kappa shape index (κ1) is 25.9. The summed E-state index contributed by atoms with van der Waals surface area (Å²) in [5.41, 5.74) is 1.85. The lowest BCUT2D eigenvalue weighted by Gasteiger charge is -2.31. The van der Waals surface area contributed by atoms with Gasteiger partial charge >= 0.3 is 0 Å². The van der Waals surface area contributed by atoms with E-state index in [1.165, 1.54) is 0 Å². The Labute approximate surface area is 207 Å². The number of guanidine groups is 1. The summed E-state index contributed by atoms with van der Waals surface area (Å²) in [5.74, 6) is 0.888. The van der Waals surface area contributed by atoms with Crippen LogP contribution in [-0.2, 0) is 17.9 Å². The van der Waals surface area contributed by atoms with Crippen molar-refractivity contribution >= 4 is 35.8 Å². The van der Waals surface area contributed by atoms with Crippen LogP contribution in [0.5, 0.6) is 0 Å². The number of carbonyl (C=O) groups is 1. The minimum atomic E-state index is -0.335. The third kappa shape index (κ3) is 6.57. The predicted molar refractivity (Wildman–Crippen MR) is 139 cm³/mol. The number of amides is 1. The van der Waals surface area contributed by atoms with Gasteiger partial charge in [0.1, 0.15) is 0 Å². The van der Waals surface area contributed by atoms with Gasteiger partial charge in [0.25, 0.3) is 5.56 Å². The Kier molecular flexibility index (Phi) is 9.74. The highest BCUT2D eigenvalue weighted by molar-refractivity contribution is 14.0. The number of nitrogens with zero attached hydrogens (tertiary/aromatic N) is 3. The lowest BCUT2D eigenvalue weighted by atomic mass is 9.84. The standard InChI is InChI=1S/C24H33N5O2.HI/c1-25-23(27-18-24(13-5-6-14-24)22(31)28(2)3)26-16-19-9-11-20(12-10-19)17-29-15-7-4-8-21(29)30;/h4,7-12,15H,5-6,13-14,16-18H2,1-3H3,(H2,25,26,27);1H. The fraction of sp³-hybridized carbons (Fsp3) is 0.458. The Hall–Kier alpha value is -2.36. The van der Waals surface area contributed by atoms with Gasteiger partial charge in [0, 0.05) is 46.5 Å². The molecule has 8 heteroatoms. The molecule has 1 aromatic carbocycles. The average Bonchev–Trinajstić information content (AvgIpc) is 3.26. The average molecular weight is 551 g/mol. The number of aromatic nitrogens is 1. The van der Waals surface area contributed by atoms with Crippen LogP contribution in [0.3, 0.4) is 0 Å². The second kappa shape index (κ2) is 12.0. The first-order valence-electron chi connectivity index (χ1n) is 10.8. The lowest BCUT2D eigenvalue weighted by molar-refractivity contribution is -0.138. The molecule has 1 saturated carbocycles. The molecule has 0 aliphatic heterocycles. The van der Waals surface area contributed by atoms with Crippen molar-refractivity contribution in [2.45, 2.75) is 38.8 Å². The molecule has 2 N–H and O–H groups in total. The second-order valence-electron chi connectivity index (χ2n) is 8.45. The zero-order chi connectivity index (χ0) is 22.3. The van der Waals surface area contributed by atoms with Crippen LogP contribution in [0.2, 0.25) is 0 Å². The molecular formula is C24H34IN5O2. The Morgan fingerprint density at radius 1 is 1.06 bits per heavy atom. The number of benzene rings is 1. The molecule has 0 radical (unpaired) electrons. The molecule has 0 unspecified atom stereocenters. The molecule has 1 aliphatic carbocycles. The van der Waals surface area contributed by atoms with Gasteiger partial charge in [-0.2, -0.15) is 0 Å². The quantitative estimate of drug-likeness (QED) is 0.315. The third-order valence-corrected chi connectivity index (χ3v) is 5.97. The maximum Gasteiger partial charge on any atom is 0.250 e. The minimum Gasteiger partial charge on any atom is -0.355 e. The molecule has 1 fully saturated rings. The third-order valence-electron chi connectivity index (χ3n) is 5.97. The van der Waals surface area contributed by atoms with Crippen LogP contribution in [-0.4, -0.2) is 49.0 Å². The van der Waals surface area contributed by atoms with Crippen molar-refractivity contribution < 1.29 is 4.79 Å². The number of hydrogen-bond donors (Lipinski definition) is 2. The normalized spacial score (nSPS) is 15.0. The molecule has 2 aromatic rings. The minimum absolute atomic E-state index is 0. The van der Waals surface area contributed by atoms with E-state index in [0.717, 1.165) is 36.8 Å². The SMILES string of the molecule is CN=C(NCc1ccc(Cn2ccccc2=O)cc1)NCC1(C(=O)N(C)C)CCCC1.I. The van der Waals surface area contributed by atoms with E-state index < -0.39 is 0 Å². The summed E-state index contributed by atoms with van der Waals surface area (Å²) in [7, 11) is 5.39. The summed E-state index contributed by atoms with van der Waals surface area (Å²) >= 11 is 0. The van der Waals surface area contributed by atoms with E-state index in [-0.39, 0.29) is 40.9 Å². The van der Waals surface area contributed by atoms with Crippen LogP contribution in [0.25, 0.3) is 0 Å². The largest absolute Gasteiger partial charge is 0.355 e. The van der Waals surface area contributed by atoms with Crippen molar-refractivity contribution in [3.63, 3.8) is 0 Å².